The third kappa shape index (κ3) is 3.34. The Bertz CT molecular complexity index is 1250. The first-order valence-electron chi connectivity index (χ1n) is 8.57. The molecule has 0 bridgehead atoms. The van der Waals surface area contributed by atoms with Crippen LogP contribution in [0.15, 0.2) is 36.4 Å². The van der Waals surface area contributed by atoms with Crippen molar-refractivity contribution in [2.45, 2.75) is 13.5 Å². The molecule has 2 heterocycles. The second kappa shape index (κ2) is 7.17. The van der Waals surface area contributed by atoms with Crippen LogP contribution in [0.1, 0.15) is 5.82 Å². The first kappa shape index (κ1) is 19.4. The molecule has 4 aromatic rings. The number of benzene rings is 2. The smallest absolute Gasteiger partial charge is 0.387 e. The molecule has 0 atom stereocenters. The van der Waals surface area contributed by atoms with E-state index >= 15 is 0 Å². The van der Waals surface area contributed by atoms with Gasteiger partial charge in [0, 0.05) is 6.07 Å². The summed E-state index contributed by atoms with van der Waals surface area (Å²) in [6, 6.07) is 7.34. The maximum atomic E-state index is 14.1. The van der Waals surface area contributed by atoms with Crippen LogP contribution in [-0.2, 0) is 0 Å². The lowest BCUT2D eigenvalue weighted by Gasteiger charge is -2.13. The zero-order valence-corrected chi connectivity index (χ0v) is 15.4. The predicted molar refractivity (Wildman–Crippen MR) is 102 cm³/mol. The minimum Gasteiger partial charge on any atom is -0.432 e. The Balaban J connectivity index is 1.82. The summed E-state index contributed by atoms with van der Waals surface area (Å²) >= 11 is 0. The average Bonchev–Trinajstić information content (AvgIpc) is 2.98. The molecule has 0 spiro atoms. The van der Waals surface area contributed by atoms with Crippen LogP contribution in [0.4, 0.5) is 29.2 Å². The van der Waals surface area contributed by atoms with Gasteiger partial charge in [0.05, 0.1) is 16.6 Å². The lowest BCUT2D eigenvalue weighted by molar-refractivity contribution is -0.0521. The van der Waals surface area contributed by atoms with E-state index in [4.69, 9.17) is 11.5 Å². The van der Waals surface area contributed by atoms with Crippen LogP contribution in [0.3, 0.4) is 0 Å². The van der Waals surface area contributed by atoms with Crippen LogP contribution in [0.5, 0.6) is 5.75 Å². The van der Waals surface area contributed by atoms with Crippen molar-refractivity contribution in [2.24, 2.45) is 0 Å². The molecule has 154 valence electrons. The number of nitrogen functional groups attached to an aromatic ring is 2. The van der Waals surface area contributed by atoms with Gasteiger partial charge in [-0.05, 0) is 36.8 Å². The summed E-state index contributed by atoms with van der Waals surface area (Å²) < 4.78 is 58.0. The summed E-state index contributed by atoms with van der Waals surface area (Å²) in [7, 11) is 0. The maximum Gasteiger partial charge on any atom is 0.387 e. The highest BCUT2D eigenvalue weighted by Crippen LogP contribution is 2.34. The number of hydrogen-bond donors (Lipinski definition) is 2. The largest absolute Gasteiger partial charge is 0.432 e. The van der Waals surface area contributed by atoms with Crippen molar-refractivity contribution >= 4 is 22.7 Å². The van der Waals surface area contributed by atoms with Crippen LogP contribution in [-0.4, -0.2) is 26.1 Å². The van der Waals surface area contributed by atoms with E-state index < -0.39 is 24.0 Å². The van der Waals surface area contributed by atoms with Gasteiger partial charge in [-0.3, -0.25) is 4.57 Å². The van der Waals surface area contributed by atoms with E-state index in [1.165, 1.54) is 28.8 Å². The highest BCUT2D eigenvalue weighted by molar-refractivity contribution is 5.84. The molecule has 0 amide bonds. The van der Waals surface area contributed by atoms with E-state index in [1.54, 1.807) is 6.92 Å². The minimum absolute atomic E-state index is 0.0532. The van der Waals surface area contributed by atoms with Gasteiger partial charge in [0.25, 0.3) is 0 Å². The first-order chi connectivity index (χ1) is 14.2. The molecule has 11 heteroatoms. The van der Waals surface area contributed by atoms with E-state index in [1.807, 2.05) is 0 Å². The molecular weight excluding hydrogens is 404 g/mol. The highest BCUT2D eigenvalue weighted by Gasteiger charge is 2.19. The molecule has 7 nitrogen and oxygen atoms in total. The third-order valence-electron chi connectivity index (χ3n) is 4.37. The molecule has 0 aliphatic carbocycles. The van der Waals surface area contributed by atoms with Crippen molar-refractivity contribution < 1.29 is 22.3 Å². The number of hydrogen-bond acceptors (Lipinski definition) is 6. The summed E-state index contributed by atoms with van der Waals surface area (Å²) in [4.78, 5) is 12.7. The molecule has 0 saturated heterocycles. The normalized spacial score (nSPS) is 11.4. The van der Waals surface area contributed by atoms with Crippen LogP contribution in [0.25, 0.3) is 28.1 Å². The number of imidazole rings is 1. The molecule has 2 aromatic carbocycles. The number of fused-ring (bicyclic) bond motifs is 1. The first-order valence-corrected chi connectivity index (χ1v) is 8.57. The number of ether oxygens (including phenoxy) is 1. The van der Waals surface area contributed by atoms with Gasteiger partial charge in [0.15, 0.2) is 11.6 Å². The van der Waals surface area contributed by atoms with Gasteiger partial charge in [-0.25, -0.2) is 13.8 Å². The maximum absolute atomic E-state index is 14.1. The zero-order valence-electron chi connectivity index (χ0n) is 15.4. The summed E-state index contributed by atoms with van der Waals surface area (Å²) in [6.07, 6.45) is 0. The van der Waals surface area contributed by atoms with Crippen LogP contribution >= 0.6 is 0 Å². The molecule has 0 aliphatic heterocycles. The number of alkyl halides is 2. The molecule has 30 heavy (non-hydrogen) atoms. The Morgan fingerprint density at radius 3 is 2.30 bits per heavy atom. The topological polar surface area (TPSA) is 105 Å². The summed E-state index contributed by atoms with van der Waals surface area (Å²) in [5.74, 6) is -1.76. The molecule has 4 rings (SSSR count). The van der Waals surface area contributed by atoms with E-state index in [-0.39, 0.29) is 28.7 Å². The highest BCUT2D eigenvalue weighted by atomic mass is 19.3. The van der Waals surface area contributed by atoms with Gasteiger partial charge in [-0.15, -0.1) is 0 Å². The molecular formula is C19H14F4N6O. The molecule has 0 saturated carbocycles. The van der Waals surface area contributed by atoms with E-state index in [9.17, 15) is 17.6 Å². The van der Waals surface area contributed by atoms with Gasteiger partial charge < -0.3 is 16.2 Å². The fraction of sp³-hybridized carbons (Fsp3) is 0.105. The number of nitrogens with zero attached hydrogens (tertiary/aromatic N) is 4. The number of nitrogens with two attached hydrogens (primary N) is 2. The zero-order chi connectivity index (χ0) is 21.6. The predicted octanol–water partition coefficient (Wildman–Crippen LogP) is 3.83. The molecule has 4 N–H and O–H groups in total. The minimum atomic E-state index is -3.17. The van der Waals surface area contributed by atoms with E-state index in [0.717, 1.165) is 12.1 Å². The Morgan fingerprint density at radius 2 is 1.67 bits per heavy atom. The van der Waals surface area contributed by atoms with Crippen LogP contribution < -0.4 is 16.2 Å². The van der Waals surface area contributed by atoms with Gasteiger partial charge in [0.1, 0.15) is 23.3 Å². The Labute approximate surface area is 166 Å². The number of halogens is 4. The summed E-state index contributed by atoms with van der Waals surface area (Å²) in [6.45, 7) is -1.49. The van der Waals surface area contributed by atoms with Crippen LogP contribution in [0.2, 0.25) is 0 Å². The fourth-order valence-electron chi connectivity index (χ4n) is 3.15. The third-order valence-corrected chi connectivity index (χ3v) is 4.37. The van der Waals surface area contributed by atoms with Gasteiger partial charge in [-0.1, -0.05) is 6.07 Å². The van der Waals surface area contributed by atoms with Gasteiger partial charge in [0.2, 0.25) is 5.95 Å². The van der Waals surface area contributed by atoms with E-state index in [2.05, 4.69) is 19.7 Å². The van der Waals surface area contributed by atoms with Gasteiger partial charge >= 0.3 is 6.61 Å². The van der Waals surface area contributed by atoms with E-state index in [0.29, 0.717) is 16.9 Å². The molecule has 0 unspecified atom stereocenters. The number of aryl methyl sites for hydroxylation is 1. The number of aromatic nitrogens is 4. The quantitative estimate of drug-likeness (QED) is 0.488. The molecule has 0 radical (unpaired) electrons. The lowest BCUT2D eigenvalue weighted by Crippen LogP contribution is -2.10. The van der Waals surface area contributed by atoms with Gasteiger partial charge in [-0.2, -0.15) is 18.7 Å². The van der Waals surface area contributed by atoms with Crippen molar-refractivity contribution in [2.75, 3.05) is 11.5 Å². The van der Waals surface area contributed by atoms with Crippen molar-refractivity contribution in [3.05, 3.63) is 53.9 Å². The lowest BCUT2D eigenvalue weighted by atomic mass is 10.1. The monoisotopic (exact) mass is 418 g/mol. The standard InChI is InChI=1S/C19H14F4N6O/c1-8-26-12-4-3-10(20)7-13(12)29(8)19-27-16(24)15(17(25)28-19)9-2-5-14(11(21)6-9)30-18(22)23/h2-7,18H,1H3,(H4,24,25,27,28). The molecule has 2 aromatic heterocycles. The fourth-order valence-corrected chi connectivity index (χ4v) is 3.15. The Kier molecular flexibility index (Phi) is 4.65. The molecule has 0 aliphatic rings. The second-order valence-corrected chi connectivity index (χ2v) is 6.32. The van der Waals surface area contributed by atoms with Crippen LogP contribution in [0, 0.1) is 18.6 Å². The Hall–Kier alpha value is -3.89. The number of anilines is 2. The summed E-state index contributed by atoms with van der Waals surface area (Å²) in [5.41, 5.74) is 13.3. The van der Waals surface area contributed by atoms with Crippen molar-refractivity contribution in [1.82, 2.24) is 19.5 Å². The summed E-state index contributed by atoms with van der Waals surface area (Å²) in [5, 5.41) is 0. The van der Waals surface area contributed by atoms with Crippen molar-refractivity contribution in [3.63, 3.8) is 0 Å². The average molecular weight is 418 g/mol. The van der Waals surface area contributed by atoms with Crippen molar-refractivity contribution in [3.8, 4) is 22.8 Å². The second-order valence-electron chi connectivity index (χ2n) is 6.32. The molecule has 0 fully saturated rings. The Morgan fingerprint density at radius 1 is 0.967 bits per heavy atom. The van der Waals surface area contributed by atoms with Crippen molar-refractivity contribution in [1.29, 1.82) is 0 Å². The SMILES string of the molecule is Cc1nc2ccc(F)cc2n1-c1nc(N)c(-c2ccc(OC(F)F)c(F)c2)c(N)n1. The number of rotatable bonds is 4.